The van der Waals surface area contributed by atoms with E-state index in [-0.39, 0.29) is 5.60 Å². The summed E-state index contributed by atoms with van der Waals surface area (Å²) in [5.41, 5.74) is 4.40. The largest absolute Gasteiger partial charge is 0.492 e. The first kappa shape index (κ1) is 6.69. The van der Waals surface area contributed by atoms with Crippen molar-refractivity contribution in [3.05, 3.63) is 17.7 Å². The summed E-state index contributed by atoms with van der Waals surface area (Å²) in [6.45, 7) is 3.99. The molecular weight excluding hydrogens is 151 g/mol. The van der Waals surface area contributed by atoms with E-state index >= 15 is 0 Å². The molecule has 1 N–H and O–H groups in total. The maximum Gasteiger partial charge on any atom is 0.492 e. The smallest absolute Gasteiger partial charge is 0.423 e. The summed E-state index contributed by atoms with van der Waals surface area (Å²) in [7, 11) is -0.712. The second kappa shape index (κ2) is 1.61. The Labute approximate surface area is 71.3 Å². The van der Waals surface area contributed by atoms with E-state index in [0.29, 0.717) is 0 Å². The number of hydrogen-bond acceptors (Lipinski definition) is 2. The van der Waals surface area contributed by atoms with Gasteiger partial charge in [-0.2, -0.15) is 0 Å². The Kier molecular flexibility index (Phi) is 0.896. The van der Waals surface area contributed by atoms with Crippen molar-refractivity contribution < 1.29 is 9.68 Å². The molecule has 0 fully saturated rings. The first-order chi connectivity index (χ1) is 5.59. The van der Waals surface area contributed by atoms with E-state index in [0.717, 1.165) is 5.46 Å². The Bertz CT molecular complexity index is 384. The maximum atomic E-state index is 9.52. The lowest BCUT2D eigenvalue weighted by molar-refractivity contribution is 0.101. The van der Waals surface area contributed by atoms with Crippen LogP contribution in [0.15, 0.2) is 12.1 Å². The van der Waals surface area contributed by atoms with Gasteiger partial charge in [-0.15, -0.1) is 0 Å². The molecule has 3 aliphatic rings. The zero-order valence-corrected chi connectivity index (χ0v) is 7.09. The van der Waals surface area contributed by atoms with Crippen molar-refractivity contribution >= 4 is 12.6 Å². The highest BCUT2D eigenvalue weighted by molar-refractivity contribution is 6.63. The molecular formula is C9H9BO2. The topological polar surface area (TPSA) is 29.5 Å². The van der Waals surface area contributed by atoms with Crippen LogP contribution in [0.3, 0.4) is 0 Å². The molecule has 1 aliphatic heterocycles. The third-order valence-corrected chi connectivity index (χ3v) is 2.67. The van der Waals surface area contributed by atoms with Gasteiger partial charge in [-0.3, -0.25) is 0 Å². The van der Waals surface area contributed by atoms with Gasteiger partial charge in [-0.05, 0) is 42.1 Å². The Morgan fingerprint density at radius 3 is 2.83 bits per heavy atom. The fraction of sp³-hybridized carbons (Fsp3) is 0.333. The van der Waals surface area contributed by atoms with Crippen LogP contribution < -0.4 is 5.46 Å². The van der Waals surface area contributed by atoms with Gasteiger partial charge in [0.1, 0.15) is 0 Å². The van der Waals surface area contributed by atoms with Gasteiger partial charge in [0.15, 0.2) is 0 Å². The van der Waals surface area contributed by atoms with Gasteiger partial charge < -0.3 is 9.68 Å². The van der Waals surface area contributed by atoms with Crippen molar-refractivity contribution in [2.75, 3.05) is 0 Å². The number of rotatable bonds is 0. The Morgan fingerprint density at radius 1 is 1.42 bits per heavy atom. The van der Waals surface area contributed by atoms with Crippen molar-refractivity contribution in [3.8, 4) is 11.1 Å². The molecule has 0 aromatic heterocycles. The van der Waals surface area contributed by atoms with Crippen LogP contribution in [-0.4, -0.2) is 12.1 Å². The highest BCUT2D eigenvalue weighted by Crippen LogP contribution is 2.46. The number of benzene rings is 1. The van der Waals surface area contributed by atoms with Crippen LogP contribution in [0.2, 0.25) is 0 Å². The minimum atomic E-state index is -0.712. The first-order valence-corrected chi connectivity index (χ1v) is 4.14. The van der Waals surface area contributed by atoms with Crippen molar-refractivity contribution in [1.29, 1.82) is 0 Å². The van der Waals surface area contributed by atoms with E-state index < -0.39 is 7.12 Å². The van der Waals surface area contributed by atoms with E-state index in [4.69, 9.17) is 4.65 Å². The highest BCUT2D eigenvalue weighted by Gasteiger charge is 2.46. The standard InChI is InChI=1S/C9H9BO2/c1-9(2)8-6-3-5(6)4-7(8)10(11)12-9/h3-4,11H,1-2H3. The summed E-state index contributed by atoms with van der Waals surface area (Å²) in [6.07, 6.45) is 0. The summed E-state index contributed by atoms with van der Waals surface area (Å²) >= 11 is 0. The number of fused-ring (bicyclic) bond motifs is 3. The number of hydrogen-bond donors (Lipinski definition) is 1. The van der Waals surface area contributed by atoms with E-state index in [1.54, 1.807) is 0 Å². The molecule has 1 heterocycles. The maximum absolute atomic E-state index is 9.52. The van der Waals surface area contributed by atoms with Crippen molar-refractivity contribution in [2.24, 2.45) is 0 Å². The van der Waals surface area contributed by atoms with Crippen LogP contribution >= 0.6 is 0 Å². The first-order valence-electron chi connectivity index (χ1n) is 4.14. The third kappa shape index (κ3) is 0.597. The molecule has 60 valence electrons. The van der Waals surface area contributed by atoms with Gasteiger partial charge in [-0.25, -0.2) is 0 Å². The van der Waals surface area contributed by atoms with Crippen LogP contribution in [0, 0.1) is 0 Å². The van der Waals surface area contributed by atoms with Crippen LogP contribution in [0.1, 0.15) is 19.4 Å². The molecule has 0 unspecified atom stereocenters. The highest BCUT2D eigenvalue weighted by atomic mass is 16.5. The molecule has 0 saturated heterocycles. The lowest BCUT2D eigenvalue weighted by Gasteiger charge is -2.19. The Hall–Kier alpha value is -0.795. The average molecular weight is 160 g/mol. The molecule has 0 radical (unpaired) electrons. The Morgan fingerprint density at radius 2 is 2.17 bits per heavy atom. The van der Waals surface area contributed by atoms with Crippen molar-refractivity contribution in [2.45, 2.75) is 19.4 Å². The van der Waals surface area contributed by atoms with Gasteiger partial charge in [0.05, 0.1) is 5.60 Å². The fourth-order valence-corrected chi connectivity index (χ4v) is 2.12. The van der Waals surface area contributed by atoms with E-state index in [1.165, 1.54) is 16.7 Å². The van der Waals surface area contributed by atoms with Gasteiger partial charge in [0, 0.05) is 0 Å². The molecule has 0 aromatic rings. The molecule has 0 aromatic carbocycles. The zero-order chi connectivity index (χ0) is 8.51. The molecule has 0 atom stereocenters. The molecule has 12 heavy (non-hydrogen) atoms. The monoisotopic (exact) mass is 160 g/mol. The molecule has 0 saturated carbocycles. The molecule has 3 rings (SSSR count). The summed E-state index contributed by atoms with van der Waals surface area (Å²) in [6, 6.07) is 4.14. The van der Waals surface area contributed by atoms with Crippen LogP contribution in [0.4, 0.5) is 0 Å². The van der Waals surface area contributed by atoms with E-state index in [1.807, 2.05) is 19.9 Å². The fourth-order valence-electron chi connectivity index (χ4n) is 2.12. The predicted molar refractivity (Wildman–Crippen MR) is 47.2 cm³/mol. The molecule has 3 heteroatoms. The minimum Gasteiger partial charge on any atom is -0.423 e. The van der Waals surface area contributed by atoms with Gasteiger partial charge in [0.25, 0.3) is 0 Å². The average Bonchev–Trinajstić information content (AvgIpc) is 2.51. The van der Waals surface area contributed by atoms with Crippen molar-refractivity contribution in [3.63, 3.8) is 0 Å². The van der Waals surface area contributed by atoms with Crippen molar-refractivity contribution in [1.82, 2.24) is 0 Å². The molecule has 0 amide bonds. The second-order valence-electron chi connectivity index (χ2n) is 3.97. The normalized spacial score (nSPS) is 21.1. The second-order valence-corrected chi connectivity index (χ2v) is 3.97. The van der Waals surface area contributed by atoms with Gasteiger partial charge in [-0.1, -0.05) is 6.07 Å². The molecule has 2 nitrogen and oxygen atoms in total. The SMILES string of the molecule is CC1(C)OB(O)c2cc3cc-3c21. The quantitative estimate of drug-likeness (QED) is 0.572. The third-order valence-electron chi connectivity index (χ3n) is 2.67. The van der Waals surface area contributed by atoms with Gasteiger partial charge in [0.2, 0.25) is 0 Å². The van der Waals surface area contributed by atoms with Crippen LogP contribution in [-0.2, 0) is 10.3 Å². The summed E-state index contributed by atoms with van der Waals surface area (Å²) < 4.78 is 5.41. The lowest BCUT2D eigenvalue weighted by Crippen LogP contribution is -2.27. The van der Waals surface area contributed by atoms with Crippen LogP contribution in [0.5, 0.6) is 0 Å². The zero-order valence-electron chi connectivity index (χ0n) is 7.09. The van der Waals surface area contributed by atoms with E-state index in [2.05, 4.69) is 6.07 Å². The molecule has 0 spiro atoms. The minimum absolute atomic E-state index is 0.310. The summed E-state index contributed by atoms with van der Waals surface area (Å²) in [5.74, 6) is 0. The van der Waals surface area contributed by atoms with Gasteiger partial charge >= 0.3 is 7.12 Å². The summed E-state index contributed by atoms with van der Waals surface area (Å²) in [4.78, 5) is 0. The van der Waals surface area contributed by atoms with E-state index in [9.17, 15) is 5.02 Å². The molecule has 2 aliphatic carbocycles. The Balaban J connectivity index is 2.27. The molecule has 0 bridgehead atoms. The predicted octanol–water partition coefficient (Wildman–Crippen LogP) is 0.620. The summed E-state index contributed by atoms with van der Waals surface area (Å²) in [5, 5.41) is 9.52. The van der Waals surface area contributed by atoms with Crippen LogP contribution in [0.25, 0.3) is 11.1 Å². The lowest BCUT2D eigenvalue weighted by atomic mass is 9.81.